The Kier molecular flexibility index (Phi) is 4.01. The SMILES string of the molecule is NC(=O)c1cc(NS(=O)(=O)c2c[nH]ccc2=O)ccc1Cl. The van der Waals surface area contributed by atoms with Crippen LogP contribution in [0.25, 0.3) is 0 Å². The maximum atomic E-state index is 12.1. The highest BCUT2D eigenvalue weighted by Crippen LogP contribution is 2.21. The summed E-state index contributed by atoms with van der Waals surface area (Å²) in [6, 6.07) is 4.96. The number of hydrogen-bond donors (Lipinski definition) is 3. The van der Waals surface area contributed by atoms with Crippen molar-refractivity contribution in [2.24, 2.45) is 5.73 Å². The van der Waals surface area contributed by atoms with Gasteiger partial charge in [0.15, 0.2) is 4.90 Å². The van der Waals surface area contributed by atoms with E-state index < -0.39 is 26.3 Å². The molecule has 0 bridgehead atoms. The lowest BCUT2D eigenvalue weighted by atomic mass is 10.2. The maximum Gasteiger partial charge on any atom is 0.267 e. The first kappa shape index (κ1) is 15.1. The number of anilines is 1. The summed E-state index contributed by atoms with van der Waals surface area (Å²) < 4.78 is 26.4. The highest BCUT2D eigenvalue weighted by atomic mass is 35.5. The summed E-state index contributed by atoms with van der Waals surface area (Å²) in [5, 5.41) is 0.100. The zero-order chi connectivity index (χ0) is 15.6. The molecule has 1 aromatic heterocycles. The fourth-order valence-electron chi connectivity index (χ4n) is 1.60. The van der Waals surface area contributed by atoms with Crippen LogP contribution in [0, 0.1) is 0 Å². The first-order valence-electron chi connectivity index (χ1n) is 5.60. The maximum absolute atomic E-state index is 12.1. The van der Waals surface area contributed by atoms with Gasteiger partial charge in [-0.15, -0.1) is 0 Å². The average molecular weight is 328 g/mol. The van der Waals surface area contributed by atoms with Gasteiger partial charge in [0.25, 0.3) is 10.0 Å². The van der Waals surface area contributed by atoms with Crippen molar-refractivity contribution in [2.75, 3.05) is 4.72 Å². The summed E-state index contributed by atoms with van der Waals surface area (Å²) in [7, 11) is -4.09. The molecule has 0 spiro atoms. The van der Waals surface area contributed by atoms with Gasteiger partial charge in [0.05, 0.1) is 10.6 Å². The number of halogens is 1. The molecule has 2 aromatic rings. The number of H-pyrrole nitrogens is 1. The minimum absolute atomic E-state index is 0.0289. The number of sulfonamides is 1. The second kappa shape index (κ2) is 5.58. The second-order valence-electron chi connectivity index (χ2n) is 4.04. The van der Waals surface area contributed by atoms with E-state index in [4.69, 9.17) is 17.3 Å². The van der Waals surface area contributed by atoms with Crippen LogP contribution < -0.4 is 15.9 Å². The van der Waals surface area contributed by atoms with E-state index in [1.807, 2.05) is 0 Å². The van der Waals surface area contributed by atoms with Crippen LogP contribution in [0.5, 0.6) is 0 Å². The number of aromatic nitrogens is 1. The van der Waals surface area contributed by atoms with Gasteiger partial charge in [-0.3, -0.25) is 14.3 Å². The lowest BCUT2D eigenvalue weighted by molar-refractivity contribution is 0.100. The molecule has 0 aliphatic carbocycles. The van der Waals surface area contributed by atoms with E-state index in [1.54, 1.807) is 0 Å². The highest BCUT2D eigenvalue weighted by molar-refractivity contribution is 7.92. The van der Waals surface area contributed by atoms with Crippen LogP contribution in [0.2, 0.25) is 5.02 Å². The first-order chi connectivity index (χ1) is 9.81. The number of carbonyl (C=O) groups is 1. The average Bonchev–Trinajstić information content (AvgIpc) is 2.40. The summed E-state index contributed by atoms with van der Waals surface area (Å²) in [6.45, 7) is 0. The van der Waals surface area contributed by atoms with Crippen molar-refractivity contribution >= 4 is 33.2 Å². The second-order valence-corrected chi connectivity index (χ2v) is 6.10. The van der Waals surface area contributed by atoms with Gasteiger partial charge in [0.2, 0.25) is 11.3 Å². The monoisotopic (exact) mass is 327 g/mol. The molecule has 1 aromatic carbocycles. The van der Waals surface area contributed by atoms with Crippen molar-refractivity contribution in [3.63, 3.8) is 0 Å². The Morgan fingerprint density at radius 2 is 2.00 bits per heavy atom. The van der Waals surface area contributed by atoms with Gasteiger partial charge < -0.3 is 10.7 Å². The quantitative estimate of drug-likeness (QED) is 0.773. The molecule has 0 fully saturated rings. The lowest BCUT2D eigenvalue weighted by Crippen LogP contribution is -2.21. The molecule has 1 amide bonds. The molecule has 7 nitrogen and oxygen atoms in total. The molecule has 0 aliphatic heterocycles. The number of amides is 1. The minimum atomic E-state index is -4.09. The van der Waals surface area contributed by atoms with Crippen LogP contribution in [0.3, 0.4) is 0 Å². The summed E-state index contributed by atoms with van der Waals surface area (Å²) >= 11 is 5.77. The smallest absolute Gasteiger partial charge is 0.267 e. The van der Waals surface area contributed by atoms with Crippen LogP contribution in [0.15, 0.2) is 46.3 Å². The largest absolute Gasteiger partial charge is 0.366 e. The number of nitrogens with two attached hydrogens (primary N) is 1. The van der Waals surface area contributed by atoms with Gasteiger partial charge >= 0.3 is 0 Å². The standard InChI is InChI=1S/C12H10ClN3O4S/c13-9-2-1-7(5-8(9)12(14)18)16-21(19,20)11-6-15-4-3-10(11)17/h1-6,16H,(H2,14,18)(H,15,17). The number of benzene rings is 1. The number of nitrogens with one attached hydrogen (secondary N) is 2. The van der Waals surface area contributed by atoms with Crippen molar-refractivity contribution in [1.29, 1.82) is 0 Å². The minimum Gasteiger partial charge on any atom is -0.366 e. The predicted molar refractivity (Wildman–Crippen MR) is 77.8 cm³/mol. The molecule has 2 rings (SSSR count). The van der Waals surface area contributed by atoms with Crippen LogP contribution in [-0.2, 0) is 10.0 Å². The number of pyridine rings is 1. The van der Waals surface area contributed by atoms with Gasteiger partial charge in [-0.05, 0) is 18.2 Å². The topological polar surface area (TPSA) is 122 Å². The zero-order valence-electron chi connectivity index (χ0n) is 10.5. The van der Waals surface area contributed by atoms with E-state index in [9.17, 15) is 18.0 Å². The molecule has 1 heterocycles. The summed E-state index contributed by atoms with van der Waals surface area (Å²) in [5.74, 6) is -0.793. The van der Waals surface area contributed by atoms with Gasteiger partial charge in [0, 0.05) is 24.1 Å². The van der Waals surface area contributed by atoms with E-state index >= 15 is 0 Å². The molecular weight excluding hydrogens is 318 g/mol. The van der Waals surface area contributed by atoms with Crippen LogP contribution in [0.4, 0.5) is 5.69 Å². The van der Waals surface area contributed by atoms with Crippen molar-refractivity contribution in [3.05, 3.63) is 57.5 Å². The Bertz CT molecular complexity index is 861. The molecule has 0 aliphatic rings. The molecule has 9 heteroatoms. The third kappa shape index (κ3) is 3.23. The van der Waals surface area contributed by atoms with Crippen LogP contribution in [0.1, 0.15) is 10.4 Å². The first-order valence-corrected chi connectivity index (χ1v) is 7.46. The molecule has 0 radical (unpaired) electrons. The molecule has 0 saturated carbocycles. The number of rotatable bonds is 4. The molecule has 110 valence electrons. The molecule has 0 saturated heterocycles. The van der Waals surface area contributed by atoms with Crippen molar-refractivity contribution < 1.29 is 13.2 Å². The van der Waals surface area contributed by atoms with Crippen molar-refractivity contribution in [1.82, 2.24) is 4.98 Å². The summed E-state index contributed by atoms with van der Waals surface area (Å²) in [4.78, 5) is 24.8. The molecule has 21 heavy (non-hydrogen) atoms. The number of hydrogen-bond acceptors (Lipinski definition) is 4. The highest BCUT2D eigenvalue weighted by Gasteiger charge is 2.18. The molecular formula is C12H10ClN3O4S. The Morgan fingerprint density at radius 1 is 1.29 bits per heavy atom. The van der Waals surface area contributed by atoms with Gasteiger partial charge in [-0.2, -0.15) is 0 Å². The number of aromatic amines is 1. The Hall–Kier alpha value is -2.32. The fourth-order valence-corrected chi connectivity index (χ4v) is 2.91. The van der Waals surface area contributed by atoms with E-state index in [-0.39, 0.29) is 16.3 Å². The Morgan fingerprint density at radius 3 is 2.62 bits per heavy atom. The van der Waals surface area contributed by atoms with Gasteiger partial charge in [-0.1, -0.05) is 11.6 Å². The van der Waals surface area contributed by atoms with E-state index in [0.717, 1.165) is 12.3 Å². The van der Waals surface area contributed by atoms with Crippen LogP contribution in [-0.4, -0.2) is 19.3 Å². The van der Waals surface area contributed by atoms with Gasteiger partial charge in [-0.25, -0.2) is 8.42 Å². The number of carbonyl (C=O) groups excluding carboxylic acids is 1. The van der Waals surface area contributed by atoms with Gasteiger partial charge in [0.1, 0.15) is 0 Å². The van der Waals surface area contributed by atoms with Crippen LogP contribution >= 0.6 is 11.6 Å². The van der Waals surface area contributed by atoms with Crippen molar-refractivity contribution in [3.8, 4) is 0 Å². The van der Waals surface area contributed by atoms with E-state index in [0.29, 0.717) is 0 Å². The third-order valence-electron chi connectivity index (χ3n) is 2.56. The third-order valence-corrected chi connectivity index (χ3v) is 4.29. The fraction of sp³-hybridized carbons (Fsp3) is 0. The summed E-state index contributed by atoms with van der Waals surface area (Å²) in [5.41, 5.74) is 4.50. The Labute approximate surface area is 124 Å². The Balaban J connectivity index is 2.43. The predicted octanol–water partition coefficient (Wildman–Crippen LogP) is 0.928. The van der Waals surface area contributed by atoms with E-state index in [2.05, 4.69) is 9.71 Å². The lowest BCUT2D eigenvalue weighted by Gasteiger charge is -2.09. The zero-order valence-corrected chi connectivity index (χ0v) is 12.0. The number of primary amides is 1. The molecule has 0 atom stereocenters. The summed E-state index contributed by atoms with van der Waals surface area (Å²) in [6.07, 6.45) is 2.38. The normalized spacial score (nSPS) is 11.1. The molecule has 4 N–H and O–H groups in total. The van der Waals surface area contributed by atoms with E-state index in [1.165, 1.54) is 24.4 Å². The molecule has 0 unspecified atom stereocenters. The van der Waals surface area contributed by atoms with Crippen molar-refractivity contribution in [2.45, 2.75) is 4.90 Å².